The van der Waals surface area contributed by atoms with Gasteiger partial charge in [0.15, 0.2) is 0 Å². The number of aromatic nitrogens is 2. The maximum Gasteiger partial charge on any atom is 0.271 e. The topological polar surface area (TPSA) is 48.6 Å². The second-order valence-corrected chi connectivity index (χ2v) is 2.63. The minimum atomic E-state index is -0.0521. The summed E-state index contributed by atoms with van der Waals surface area (Å²) in [5, 5.41) is 6.03. The van der Waals surface area contributed by atoms with Gasteiger partial charge in [-0.05, 0) is 19.1 Å². The molecule has 0 bridgehead atoms. The number of aromatic amines is 2. The molecule has 0 unspecified atom stereocenters. The van der Waals surface area contributed by atoms with Gasteiger partial charge in [-0.1, -0.05) is 25.5 Å². The molecule has 13 heavy (non-hydrogen) atoms. The van der Waals surface area contributed by atoms with E-state index in [1.165, 1.54) is 0 Å². The SMILES string of the molecule is CC.Cc1ccc2[nH][nH]c(=O)c2c1. The van der Waals surface area contributed by atoms with Crippen LogP contribution in [0.1, 0.15) is 19.4 Å². The van der Waals surface area contributed by atoms with Crippen LogP contribution in [0.5, 0.6) is 0 Å². The first-order chi connectivity index (χ1) is 6.27. The molecule has 2 N–H and O–H groups in total. The molecule has 3 nitrogen and oxygen atoms in total. The van der Waals surface area contributed by atoms with Gasteiger partial charge in [0.2, 0.25) is 0 Å². The molecule has 0 fully saturated rings. The summed E-state index contributed by atoms with van der Waals surface area (Å²) >= 11 is 0. The largest absolute Gasteiger partial charge is 0.298 e. The Bertz CT molecular complexity index is 439. The molecule has 2 aromatic rings. The Hall–Kier alpha value is -1.51. The van der Waals surface area contributed by atoms with Crippen LogP contribution in [-0.2, 0) is 0 Å². The number of fused-ring (bicyclic) bond motifs is 1. The predicted molar refractivity (Wildman–Crippen MR) is 55.0 cm³/mol. The normalized spacial score (nSPS) is 9.46. The quantitative estimate of drug-likeness (QED) is 0.638. The standard InChI is InChI=1S/C8H8N2O.C2H6/c1-5-2-3-7-6(4-5)8(11)10-9-7;1-2/h2-4H,1H3,(H2,9,10,11);1-2H3. The van der Waals surface area contributed by atoms with Crippen molar-refractivity contribution >= 4 is 10.9 Å². The van der Waals surface area contributed by atoms with Crippen LogP contribution in [0, 0.1) is 6.92 Å². The molecule has 0 saturated carbocycles. The first-order valence-electron chi connectivity index (χ1n) is 4.44. The number of rotatable bonds is 0. The van der Waals surface area contributed by atoms with E-state index in [9.17, 15) is 4.79 Å². The molecule has 0 aliphatic rings. The fraction of sp³-hybridized carbons (Fsp3) is 0.300. The van der Waals surface area contributed by atoms with Crippen LogP contribution in [0.25, 0.3) is 10.9 Å². The van der Waals surface area contributed by atoms with Gasteiger partial charge < -0.3 is 0 Å². The molecule has 0 aliphatic carbocycles. The highest BCUT2D eigenvalue weighted by Crippen LogP contribution is 2.07. The summed E-state index contributed by atoms with van der Waals surface area (Å²) in [7, 11) is 0. The van der Waals surface area contributed by atoms with Crippen molar-refractivity contribution in [3.05, 3.63) is 34.1 Å². The van der Waals surface area contributed by atoms with Crippen molar-refractivity contribution in [2.24, 2.45) is 0 Å². The number of nitrogens with one attached hydrogen (secondary N) is 2. The van der Waals surface area contributed by atoms with Crippen molar-refractivity contribution in [2.75, 3.05) is 0 Å². The smallest absolute Gasteiger partial charge is 0.271 e. The number of H-pyrrole nitrogens is 2. The lowest BCUT2D eigenvalue weighted by molar-refractivity contribution is 1.08. The molecule has 2 rings (SSSR count). The van der Waals surface area contributed by atoms with Gasteiger partial charge in [-0.3, -0.25) is 15.0 Å². The van der Waals surface area contributed by atoms with Crippen molar-refractivity contribution in [1.29, 1.82) is 0 Å². The fourth-order valence-electron chi connectivity index (χ4n) is 1.15. The maximum atomic E-state index is 11.0. The molecule has 0 saturated heterocycles. The molecular formula is C10H14N2O. The minimum absolute atomic E-state index is 0.0521. The molecule has 0 radical (unpaired) electrons. The third-order valence-corrected chi connectivity index (χ3v) is 1.73. The van der Waals surface area contributed by atoms with E-state index in [0.717, 1.165) is 16.5 Å². The van der Waals surface area contributed by atoms with Crippen LogP contribution >= 0.6 is 0 Å². The zero-order valence-electron chi connectivity index (χ0n) is 8.14. The van der Waals surface area contributed by atoms with E-state index in [4.69, 9.17) is 0 Å². The summed E-state index contributed by atoms with van der Waals surface area (Å²) < 4.78 is 0. The summed E-state index contributed by atoms with van der Waals surface area (Å²) in [6.07, 6.45) is 0. The molecule has 3 heteroatoms. The second-order valence-electron chi connectivity index (χ2n) is 2.63. The van der Waals surface area contributed by atoms with Gasteiger partial charge in [0.05, 0.1) is 10.9 Å². The summed E-state index contributed by atoms with van der Waals surface area (Å²) in [6, 6.07) is 5.72. The second kappa shape index (κ2) is 3.94. The van der Waals surface area contributed by atoms with Crippen LogP contribution in [0.3, 0.4) is 0 Å². The van der Waals surface area contributed by atoms with Gasteiger partial charge in [0.25, 0.3) is 5.56 Å². The van der Waals surface area contributed by atoms with Crippen LogP contribution < -0.4 is 5.56 Å². The number of benzene rings is 1. The lowest BCUT2D eigenvalue weighted by Gasteiger charge is -1.88. The molecule has 1 aromatic heterocycles. The molecule has 0 aliphatic heterocycles. The van der Waals surface area contributed by atoms with E-state index in [1.54, 1.807) is 0 Å². The van der Waals surface area contributed by atoms with Crippen molar-refractivity contribution in [2.45, 2.75) is 20.8 Å². The zero-order chi connectivity index (χ0) is 9.84. The van der Waals surface area contributed by atoms with Crippen molar-refractivity contribution in [3.8, 4) is 0 Å². The van der Waals surface area contributed by atoms with Gasteiger partial charge in [-0.15, -0.1) is 0 Å². The van der Waals surface area contributed by atoms with Crippen molar-refractivity contribution < 1.29 is 0 Å². The van der Waals surface area contributed by atoms with E-state index < -0.39 is 0 Å². The first-order valence-corrected chi connectivity index (χ1v) is 4.44. The van der Waals surface area contributed by atoms with E-state index >= 15 is 0 Å². The first kappa shape index (κ1) is 9.58. The Balaban J connectivity index is 0.000000396. The third kappa shape index (κ3) is 1.80. The summed E-state index contributed by atoms with van der Waals surface area (Å²) in [4.78, 5) is 11.0. The fourth-order valence-corrected chi connectivity index (χ4v) is 1.15. The minimum Gasteiger partial charge on any atom is -0.298 e. The van der Waals surface area contributed by atoms with Gasteiger partial charge in [0.1, 0.15) is 0 Å². The monoisotopic (exact) mass is 178 g/mol. The van der Waals surface area contributed by atoms with E-state index in [2.05, 4.69) is 10.2 Å². The Morgan fingerprint density at radius 2 is 1.85 bits per heavy atom. The molecule has 0 amide bonds. The van der Waals surface area contributed by atoms with Crippen molar-refractivity contribution in [3.63, 3.8) is 0 Å². The Labute approximate surface area is 76.8 Å². The van der Waals surface area contributed by atoms with Crippen LogP contribution in [0.4, 0.5) is 0 Å². The highest BCUT2D eigenvalue weighted by Gasteiger charge is 1.98. The van der Waals surface area contributed by atoms with Gasteiger partial charge >= 0.3 is 0 Å². The third-order valence-electron chi connectivity index (χ3n) is 1.73. The molecule has 0 atom stereocenters. The van der Waals surface area contributed by atoms with E-state index in [-0.39, 0.29) is 5.56 Å². The van der Waals surface area contributed by atoms with Crippen LogP contribution in [0.2, 0.25) is 0 Å². The van der Waals surface area contributed by atoms with Crippen LogP contribution in [0.15, 0.2) is 23.0 Å². The van der Waals surface area contributed by atoms with E-state index in [0.29, 0.717) is 0 Å². The van der Waals surface area contributed by atoms with Gasteiger partial charge in [-0.25, -0.2) is 0 Å². The molecule has 0 spiro atoms. The Morgan fingerprint density at radius 3 is 2.54 bits per heavy atom. The molecule has 70 valence electrons. The Morgan fingerprint density at radius 1 is 1.15 bits per heavy atom. The van der Waals surface area contributed by atoms with Gasteiger partial charge in [0, 0.05) is 0 Å². The highest BCUT2D eigenvalue weighted by molar-refractivity contribution is 5.78. The predicted octanol–water partition coefficient (Wildman–Crippen LogP) is 2.19. The van der Waals surface area contributed by atoms with Crippen molar-refractivity contribution in [1.82, 2.24) is 10.2 Å². The number of hydrogen-bond acceptors (Lipinski definition) is 1. The molecular weight excluding hydrogens is 164 g/mol. The van der Waals surface area contributed by atoms with E-state index in [1.807, 2.05) is 39.0 Å². The maximum absolute atomic E-state index is 11.0. The lowest BCUT2D eigenvalue weighted by atomic mass is 10.2. The molecule has 1 aromatic carbocycles. The lowest BCUT2D eigenvalue weighted by Crippen LogP contribution is -1.97. The number of hydrogen-bond donors (Lipinski definition) is 2. The Kier molecular flexibility index (Phi) is 2.90. The average molecular weight is 178 g/mol. The molecule has 1 heterocycles. The van der Waals surface area contributed by atoms with Gasteiger partial charge in [-0.2, -0.15) is 0 Å². The zero-order valence-corrected chi connectivity index (χ0v) is 8.14. The van der Waals surface area contributed by atoms with Crippen LogP contribution in [-0.4, -0.2) is 10.2 Å². The number of aryl methyl sites for hydroxylation is 1. The summed E-state index contributed by atoms with van der Waals surface area (Å²) in [5.74, 6) is 0. The highest BCUT2D eigenvalue weighted by atomic mass is 16.1. The average Bonchev–Trinajstić information content (AvgIpc) is 2.52. The summed E-state index contributed by atoms with van der Waals surface area (Å²) in [6.45, 7) is 5.96. The summed E-state index contributed by atoms with van der Waals surface area (Å²) in [5.41, 5.74) is 1.91.